The van der Waals surface area contributed by atoms with Gasteiger partial charge in [-0.2, -0.15) is 0 Å². The molecule has 0 bridgehead atoms. The van der Waals surface area contributed by atoms with Gasteiger partial charge in [0.15, 0.2) is 0 Å². The number of nitrogens with zero attached hydrogens (tertiary/aromatic N) is 3. The second kappa shape index (κ2) is 5.71. The van der Waals surface area contributed by atoms with Crippen LogP contribution >= 0.6 is 11.6 Å². The fourth-order valence-electron chi connectivity index (χ4n) is 1.64. The number of carboxylic acids is 1. The summed E-state index contributed by atoms with van der Waals surface area (Å²) in [6.45, 7) is 1.71. The Bertz CT molecular complexity index is 585. The Labute approximate surface area is 114 Å². The molecule has 0 atom stereocenters. The Hall–Kier alpha value is -2.08. The van der Waals surface area contributed by atoms with Crippen molar-refractivity contribution in [3.63, 3.8) is 0 Å². The Balaban J connectivity index is 2.22. The van der Waals surface area contributed by atoms with E-state index in [9.17, 15) is 4.79 Å². The summed E-state index contributed by atoms with van der Waals surface area (Å²) in [5.74, 6) is -0.147. The summed E-state index contributed by atoms with van der Waals surface area (Å²) < 4.78 is 5.26. The molecule has 0 amide bonds. The van der Waals surface area contributed by atoms with Crippen LogP contribution < -0.4 is 4.90 Å². The third kappa shape index (κ3) is 3.69. The molecule has 1 N–H and O–H groups in total. The molecule has 100 valence electrons. The number of rotatable bonds is 5. The van der Waals surface area contributed by atoms with Crippen LogP contribution in [-0.4, -0.2) is 27.8 Å². The van der Waals surface area contributed by atoms with E-state index in [2.05, 4.69) is 10.2 Å². The molecule has 0 aliphatic heterocycles. The first-order chi connectivity index (χ1) is 9.04. The van der Waals surface area contributed by atoms with Gasteiger partial charge in [-0.25, -0.2) is 0 Å². The van der Waals surface area contributed by atoms with Gasteiger partial charge in [0, 0.05) is 17.6 Å². The van der Waals surface area contributed by atoms with Gasteiger partial charge in [-0.3, -0.25) is 4.79 Å². The van der Waals surface area contributed by atoms with E-state index in [0.717, 1.165) is 0 Å². The molecule has 0 aliphatic rings. The molecule has 1 heterocycles. The lowest BCUT2D eigenvalue weighted by Gasteiger charge is -2.21. The van der Waals surface area contributed by atoms with Crippen LogP contribution in [0.3, 0.4) is 0 Å². The number of anilines is 1. The third-order valence-electron chi connectivity index (χ3n) is 2.39. The van der Waals surface area contributed by atoms with Crippen LogP contribution in [-0.2, 0) is 11.3 Å². The second-order valence-electron chi connectivity index (χ2n) is 3.94. The number of carbonyl (C=O) groups is 1. The molecular formula is C12H12ClN3O3. The summed E-state index contributed by atoms with van der Waals surface area (Å²) in [5, 5.41) is 17.1. The zero-order valence-corrected chi connectivity index (χ0v) is 11.0. The number of hydrogen-bond donors (Lipinski definition) is 1. The van der Waals surface area contributed by atoms with E-state index >= 15 is 0 Å². The van der Waals surface area contributed by atoms with E-state index < -0.39 is 5.97 Å². The minimum atomic E-state index is -0.948. The zero-order chi connectivity index (χ0) is 13.8. The highest BCUT2D eigenvalue weighted by atomic mass is 35.5. The van der Waals surface area contributed by atoms with E-state index in [0.29, 0.717) is 22.5 Å². The van der Waals surface area contributed by atoms with Crippen LogP contribution in [0.25, 0.3) is 0 Å². The van der Waals surface area contributed by atoms with E-state index in [4.69, 9.17) is 21.1 Å². The maximum atomic E-state index is 10.9. The zero-order valence-electron chi connectivity index (χ0n) is 10.2. The number of halogens is 1. The fraction of sp³-hybridized carbons (Fsp3) is 0.250. The first-order valence-corrected chi connectivity index (χ1v) is 5.93. The van der Waals surface area contributed by atoms with Crippen LogP contribution in [0.1, 0.15) is 11.8 Å². The lowest BCUT2D eigenvalue weighted by molar-refractivity contribution is -0.135. The van der Waals surface area contributed by atoms with E-state index in [1.807, 2.05) is 0 Å². The van der Waals surface area contributed by atoms with Crippen molar-refractivity contribution >= 4 is 23.3 Å². The molecule has 0 saturated heterocycles. The lowest BCUT2D eigenvalue weighted by Crippen LogP contribution is -2.29. The maximum Gasteiger partial charge on any atom is 0.323 e. The monoisotopic (exact) mass is 281 g/mol. The standard InChI is InChI=1S/C12H12ClN3O3/c1-8-14-15-11(19-8)6-16(7-12(17)18)10-4-2-3-9(13)5-10/h2-5H,6-7H2,1H3,(H,17,18). The van der Waals surface area contributed by atoms with Gasteiger partial charge in [0.1, 0.15) is 6.54 Å². The molecule has 2 rings (SSSR count). The molecule has 0 unspecified atom stereocenters. The number of aryl methyl sites for hydroxylation is 1. The maximum absolute atomic E-state index is 10.9. The Morgan fingerprint density at radius 3 is 2.84 bits per heavy atom. The number of aromatic nitrogens is 2. The normalized spacial score (nSPS) is 10.4. The summed E-state index contributed by atoms with van der Waals surface area (Å²) in [5.41, 5.74) is 0.686. The second-order valence-corrected chi connectivity index (χ2v) is 4.38. The van der Waals surface area contributed by atoms with E-state index in [1.54, 1.807) is 36.1 Å². The summed E-state index contributed by atoms with van der Waals surface area (Å²) in [6, 6.07) is 6.94. The first-order valence-electron chi connectivity index (χ1n) is 5.56. The first kappa shape index (κ1) is 13.4. The molecule has 0 saturated carbocycles. The van der Waals surface area contributed by atoms with Crippen molar-refractivity contribution in [2.24, 2.45) is 0 Å². The highest BCUT2D eigenvalue weighted by Gasteiger charge is 2.15. The van der Waals surface area contributed by atoms with Crippen molar-refractivity contribution < 1.29 is 14.3 Å². The predicted octanol–water partition coefficient (Wildman–Crippen LogP) is 2.12. The van der Waals surface area contributed by atoms with Crippen LogP contribution in [0, 0.1) is 6.92 Å². The van der Waals surface area contributed by atoms with Gasteiger partial charge in [0.2, 0.25) is 11.8 Å². The van der Waals surface area contributed by atoms with Crippen molar-refractivity contribution in [1.82, 2.24) is 10.2 Å². The largest absolute Gasteiger partial charge is 0.480 e. The van der Waals surface area contributed by atoms with Crippen LogP contribution in [0.5, 0.6) is 0 Å². The van der Waals surface area contributed by atoms with Gasteiger partial charge in [-0.15, -0.1) is 10.2 Å². The molecule has 7 heteroatoms. The molecule has 1 aromatic heterocycles. The highest BCUT2D eigenvalue weighted by molar-refractivity contribution is 6.30. The Morgan fingerprint density at radius 2 is 2.26 bits per heavy atom. The van der Waals surface area contributed by atoms with Crippen molar-refractivity contribution in [2.75, 3.05) is 11.4 Å². The van der Waals surface area contributed by atoms with Gasteiger partial charge in [-0.05, 0) is 18.2 Å². The molecular weight excluding hydrogens is 270 g/mol. The summed E-state index contributed by atoms with van der Waals surface area (Å²) in [7, 11) is 0. The van der Waals surface area contributed by atoms with Gasteiger partial charge < -0.3 is 14.4 Å². The molecule has 1 aromatic carbocycles. The van der Waals surface area contributed by atoms with Crippen LogP contribution in [0.4, 0.5) is 5.69 Å². The Morgan fingerprint density at radius 1 is 1.47 bits per heavy atom. The molecule has 6 nitrogen and oxygen atoms in total. The number of carboxylic acid groups (broad SMARTS) is 1. The molecule has 0 fully saturated rings. The van der Waals surface area contributed by atoms with Gasteiger partial charge >= 0.3 is 5.97 Å². The van der Waals surface area contributed by atoms with Crippen LogP contribution in [0.15, 0.2) is 28.7 Å². The average molecular weight is 282 g/mol. The number of benzene rings is 1. The van der Waals surface area contributed by atoms with Crippen molar-refractivity contribution in [3.8, 4) is 0 Å². The van der Waals surface area contributed by atoms with Crippen LogP contribution in [0.2, 0.25) is 5.02 Å². The lowest BCUT2D eigenvalue weighted by atomic mass is 10.3. The average Bonchev–Trinajstić information content (AvgIpc) is 2.73. The number of aliphatic carboxylic acids is 1. The summed E-state index contributed by atoms with van der Waals surface area (Å²) in [4.78, 5) is 12.5. The van der Waals surface area contributed by atoms with Crippen molar-refractivity contribution in [3.05, 3.63) is 41.1 Å². The fourth-order valence-corrected chi connectivity index (χ4v) is 1.82. The predicted molar refractivity (Wildman–Crippen MR) is 69.2 cm³/mol. The number of hydrogen-bond acceptors (Lipinski definition) is 5. The third-order valence-corrected chi connectivity index (χ3v) is 2.63. The van der Waals surface area contributed by atoms with Gasteiger partial charge in [0.25, 0.3) is 0 Å². The summed E-state index contributed by atoms with van der Waals surface area (Å²) >= 11 is 5.91. The summed E-state index contributed by atoms with van der Waals surface area (Å²) in [6.07, 6.45) is 0. The Kier molecular flexibility index (Phi) is 4.01. The smallest absolute Gasteiger partial charge is 0.323 e. The minimum absolute atomic E-state index is 0.179. The molecule has 0 spiro atoms. The van der Waals surface area contributed by atoms with Crippen molar-refractivity contribution in [2.45, 2.75) is 13.5 Å². The van der Waals surface area contributed by atoms with E-state index in [-0.39, 0.29) is 13.1 Å². The molecule has 0 radical (unpaired) electrons. The quantitative estimate of drug-likeness (QED) is 0.904. The highest BCUT2D eigenvalue weighted by Crippen LogP contribution is 2.21. The topological polar surface area (TPSA) is 79.5 Å². The minimum Gasteiger partial charge on any atom is -0.480 e. The van der Waals surface area contributed by atoms with E-state index in [1.165, 1.54) is 0 Å². The molecule has 19 heavy (non-hydrogen) atoms. The molecule has 0 aliphatic carbocycles. The van der Waals surface area contributed by atoms with Gasteiger partial charge in [-0.1, -0.05) is 17.7 Å². The molecule has 2 aromatic rings. The SMILES string of the molecule is Cc1nnc(CN(CC(=O)O)c2cccc(Cl)c2)o1. The van der Waals surface area contributed by atoms with Gasteiger partial charge in [0.05, 0.1) is 6.54 Å². The van der Waals surface area contributed by atoms with Crippen molar-refractivity contribution in [1.29, 1.82) is 0 Å².